The minimum Gasteiger partial charge on any atom is -0.349 e. The quantitative estimate of drug-likeness (QED) is 0.751. The van der Waals surface area contributed by atoms with E-state index in [1.807, 2.05) is 18.2 Å². The lowest BCUT2D eigenvalue weighted by atomic mass is 10.0. The van der Waals surface area contributed by atoms with Crippen LogP contribution in [0.25, 0.3) is 0 Å². The lowest BCUT2D eigenvalue weighted by Crippen LogP contribution is -2.41. The molecule has 0 aromatic heterocycles. The number of thiocarbonyl (C=S) groups is 1. The molecule has 0 spiro atoms. The summed E-state index contributed by atoms with van der Waals surface area (Å²) >= 11 is 15.0. The molecule has 0 bridgehead atoms. The molecule has 1 aromatic rings. The number of rotatable bonds is 1. The third kappa shape index (κ3) is 3.59. The molecule has 1 aliphatic heterocycles. The van der Waals surface area contributed by atoms with Gasteiger partial charge in [0.2, 0.25) is 0 Å². The standard InChI is InChI=1S/C13H16BrClN2S/c1-9-3-2-6-17(8-9)13(18)16-12-5-4-10(14)7-11(12)15/h4-5,7,9H,2-3,6,8H2,1H3,(H,16,18). The number of nitrogens with one attached hydrogen (secondary N) is 1. The van der Waals surface area contributed by atoms with Crippen LogP contribution in [0.15, 0.2) is 22.7 Å². The lowest BCUT2D eigenvalue weighted by molar-refractivity contribution is 0.276. The van der Waals surface area contributed by atoms with Crippen molar-refractivity contribution < 1.29 is 0 Å². The van der Waals surface area contributed by atoms with Gasteiger partial charge in [-0.3, -0.25) is 0 Å². The fourth-order valence-electron chi connectivity index (χ4n) is 2.16. The van der Waals surface area contributed by atoms with Crippen LogP contribution in [-0.2, 0) is 0 Å². The van der Waals surface area contributed by atoms with Crippen molar-refractivity contribution in [1.29, 1.82) is 0 Å². The smallest absolute Gasteiger partial charge is 0.173 e. The summed E-state index contributed by atoms with van der Waals surface area (Å²) in [5.74, 6) is 0.707. The fourth-order valence-corrected chi connectivity index (χ4v) is 3.16. The molecule has 1 aliphatic rings. The Morgan fingerprint density at radius 1 is 1.56 bits per heavy atom. The Kier molecular flexibility index (Phi) is 4.87. The highest BCUT2D eigenvalue weighted by molar-refractivity contribution is 9.10. The van der Waals surface area contributed by atoms with Crippen molar-refractivity contribution in [2.75, 3.05) is 18.4 Å². The molecule has 1 N–H and O–H groups in total. The summed E-state index contributed by atoms with van der Waals surface area (Å²) in [5.41, 5.74) is 0.864. The van der Waals surface area contributed by atoms with E-state index in [4.69, 9.17) is 23.8 Å². The highest BCUT2D eigenvalue weighted by Crippen LogP contribution is 2.26. The summed E-state index contributed by atoms with van der Waals surface area (Å²) in [4.78, 5) is 2.22. The Hall–Kier alpha value is -0.320. The van der Waals surface area contributed by atoms with Crippen molar-refractivity contribution in [3.63, 3.8) is 0 Å². The van der Waals surface area contributed by atoms with Crippen LogP contribution >= 0.6 is 39.7 Å². The van der Waals surface area contributed by atoms with Crippen LogP contribution in [-0.4, -0.2) is 23.1 Å². The van der Waals surface area contributed by atoms with E-state index in [0.717, 1.165) is 28.4 Å². The summed E-state index contributed by atoms with van der Waals surface area (Å²) < 4.78 is 0.968. The molecule has 0 amide bonds. The van der Waals surface area contributed by atoms with Gasteiger partial charge in [-0.2, -0.15) is 0 Å². The summed E-state index contributed by atoms with van der Waals surface area (Å²) in [6.45, 7) is 4.33. The Morgan fingerprint density at radius 2 is 2.33 bits per heavy atom. The minimum absolute atomic E-state index is 0.678. The van der Waals surface area contributed by atoms with Gasteiger partial charge in [0, 0.05) is 17.6 Å². The van der Waals surface area contributed by atoms with Crippen LogP contribution in [0.1, 0.15) is 19.8 Å². The lowest BCUT2D eigenvalue weighted by Gasteiger charge is -2.33. The molecule has 1 aromatic carbocycles. The molecule has 0 saturated carbocycles. The van der Waals surface area contributed by atoms with Crippen molar-refractivity contribution >= 4 is 50.5 Å². The van der Waals surface area contributed by atoms with Crippen LogP contribution in [0.4, 0.5) is 5.69 Å². The molecule has 1 fully saturated rings. The summed E-state index contributed by atoms with van der Waals surface area (Å²) in [6.07, 6.45) is 2.50. The molecule has 0 radical (unpaired) electrons. The molecular formula is C13H16BrClN2S. The van der Waals surface area contributed by atoms with Crippen LogP contribution in [0, 0.1) is 5.92 Å². The third-order valence-corrected chi connectivity index (χ3v) is 4.28. The van der Waals surface area contributed by atoms with Gasteiger partial charge < -0.3 is 10.2 Å². The second-order valence-corrected chi connectivity index (χ2v) is 6.46. The highest BCUT2D eigenvalue weighted by Gasteiger charge is 2.18. The summed E-state index contributed by atoms with van der Waals surface area (Å²) in [6, 6.07) is 5.76. The molecule has 0 aliphatic carbocycles. The van der Waals surface area contributed by atoms with Gasteiger partial charge in [-0.1, -0.05) is 34.5 Å². The average Bonchev–Trinajstić information content (AvgIpc) is 2.32. The van der Waals surface area contributed by atoms with Gasteiger partial charge in [-0.15, -0.1) is 0 Å². The van der Waals surface area contributed by atoms with E-state index in [9.17, 15) is 0 Å². The number of benzene rings is 1. The number of hydrogen-bond donors (Lipinski definition) is 1. The maximum atomic E-state index is 6.17. The summed E-state index contributed by atoms with van der Waals surface area (Å²) in [7, 11) is 0. The number of anilines is 1. The minimum atomic E-state index is 0.678. The molecule has 1 atom stereocenters. The van der Waals surface area contributed by atoms with Crippen molar-refractivity contribution in [3.8, 4) is 0 Å². The fraction of sp³-hybridized carbons (Fsp3) is 0.462. The third-order valence-electron chi connectivity index (χ3n) is 3.12. The summed E-state index contributed by atoms with van der Waals surface area (Å²) in [5, 5.41) is 4.68. The van der Waals surface area contributed by atoms with Crippen molar-refractivity contribution in [1.82, 2.24) is 4.90 Å². The second kappa shape index (κ2) is 6.22. The number of hydrogen-bond acceptors (Lipinski definition) is 1. The van der Waals surface area contributed by atoms with Crippen molar-refractivity contribution in [2.45, 2.75) is 19.8 Å². The van der Waals surface area contributed by atoms with Crippen molar-refractivity contribution in [3.05, 3.63) is 27.7 Å². The van der Waals surface area contributed by atoms with E-state index < -0.39 is 0 Å². The monoisotopic (exact) mass is 346 g/mol. The first-order valence-corrected chi connectivity index (χ1v) is 7.65. The Balaban J connectivity index is 2.02. The van der Waals surface area contributed by atoms with E-state index in [2.05, 4.69) is 33.1 Å². The Bertz CT molecular complexity index is 453. The van der Waals surface area contributed by atoms with Gasteiger partial charge in [-0.05, 0) is 49.2 Å². The predicted molar refractivity (Wildman–Crippen MR) is 85.3 cm³/mol. The van der Waals surface area contributed by atoms with Gasteiger partial charge >= 0.3 is 0 Å². The van der Waals surface area contributed by atoms with E-state index in [0.29, 0.717) is 10.9 Å². The number of likely N-dealkylation sites (tertiary alicyclic amines) is 1. The molecule has 2 rings (SSSR count). The molecule has 1 saturated heterocycles. The van der Waals surface area contributed by atoms with E-state index in [1.165, 1.54) is 12.8 Å². The van der Waals surface area contributed by atoms with E-state index in [1.54, 1.807) is 0 Å². The molecule has 5 heteroatoms. The molecule has 18 heavy (non-hydrogen) atoms. The normalized spacial score (nSPS) is 19.7. The van der Waals surface area contributed by atoms with Crippen LogP contribution in [0.3, 0.4) is 0 Å². The van der Waals surface area contributed by atoms with Crippen molar-refractivity contribution in [2.24, 2.45) is 5.92 Å². The van der Waals surface area contributed by atoms with Gasteiger partial charge in [0.15, 0.2) is 5.11 Å². The maximum Gasteiger partial charge on any atom is 0.173 e. The topological polar surface area (TPSA) is 15.3 Å². The van der Waals surface area contributed by atoms with E-state index in [-0.39, 0.29) is 0 Å². The molecule has 2 nitrogen and oxygen atoms in total. The van der Waals surface area contributed by atoms with Crippen LogP contribution < -0.4 is 5.32 Å². The largest absolute Gasteiger partial charge is 0.349 e. The Morgan fingerprint density at radius 3 is 3.00 bits per heavy atom. The Labute approximate surface area is 127 Å². The predicted octanol–water partition coefficient (Wildman–Crippen LogP) is 4.53. The van der Waals surface area contributed by atoms with Gasteiger partial charge in [-0.25, -0.2) is 0 Å². The second-order valence-electron chi connectivity index (χ2n) is 4.75. The molecule has 1 unspecified atom stereocenters. The highest BCUT2D eigenvalue weighted by atomic mass is 79.9. The first-order chi connectivity index (χ1) is 8.56. The van der Waals surface area contributed by atoms with Crippen LogP contribution in [0.5, 0.6) is 0 Å². The number of halogens is 2. The first-order valence-electron chi connectivity index (χ1n) is 6.07. The molecule has 1 heterocycles. The van der Waals surface area contributed by atoms with Crippen LogP contribution in [0.2, 0.25) is 5.02 Å². The zero-order chi connectivity index (χ0) is 13.1. The zero-order valence-electron chi connectivity index (χ0n) is 10.2. The molecular weight excluding hydrogens is 332 g/mol. The van der Waals surface area contributed by atoms with Gasteiger partial charge in [0.25, 0.3) is 0 Å². The van der Waals surface area contributed by atoms with E-state index >= 15 is 0 Å². The maximum absolute atomic E-state index is 6.17. The number of nitrogens with zero attached hydrogens (tertiary/aromatic N) is 1. The van der Waals surface area contributed by atoms with Gasteiger partial charge in [0.05, 0.1) is 10.7 Å². The SMILES string of the molecule is CC1CCCN(C(=S)Nc2ccc(Br)cc2Cl)C1. The zero-order valence-corrected chi connectivity index (χ0v) is 13.4. The van der Waals surface area contributed by atoms with Gasteiger partial charge in [0.1, 0.15) is 0 Å². The molecule has 98 valence electrons. The number of piperidine rings is 1. The first kappa shape index (κ1) is 14.1. The average molecular weight is 348 g/mol.